The maximum atomic E-state index is 10.7. The topological polar surface area (TPSA) is 69.6 Å². The van der Waals surface area contributed by atoms with Gasteiger partial charge < -0.3 is 10.0 Å². The van der Waals surface area contributed by atoms with Crippen molar-refractivity contribution in [3.8, 4) is 0 Å². The standard InChI is InChI=1S/C14H22N4O2/c1-10(2)14-15-11(3)8-12(16-14)18-6-4-17(5-7-18)9-13(19)20/h8,10H,4-7,9H2,1-3H3,(H,19,20). The molecule has 0 unspecified atom stereocenters. The number of hydrogen-bond acceptors (Lipinski definition) is 5. The molecule has 0 saturated carbocycles. The molecule has 1 aromatic rings. The van der Waals surface area contributed by atoms with Gasteiger partial charge in [0.2, 0.25) is 0 Å². The Hall–Kier alpha value is -1.69. The average Bonchev–Trinajstić information content (AvgIpc) is 2.38. The third kappa shape index (κ3) is 3.66. The minimum atomic E-state index is -0.765. The van der Waals surface area contributed by atoms with Gasteiger partial charge in [-0.2, -0.15) is 0 Å². The van der Waals surface area contributed by atoms with Crippen LogP contribution in [0.2, 0.25) is 0 Å². The molecular formula is C14H22N4O2. The number of piperazine rings is 1. The van der Waals surface area contributed by atoms with Gasteiger partial charge >= 0.3 is 5.97 Å². The van der Waals surface area contributed by atoms with Gasteiger partial charge in [-0.1, -0.05) is 13.8 Å². The van der Waals surface area contributed by atoms with Crippen molar-refractivity contribution in [1.82, 2.24) is 14.9 Å². The van der Waals surface area contributed by atoms with Crippen molar-refractivity contribution in [1.29, 1.82) is 0 Å². The molecule has 1 aromatic heterocycles. The van der Waals surface area contributed by atoms with Crippen LogP contribution < -0.4 is 4.90 Å². The van der Waals surface area contributed by atoms with E-state index in [4.69, 9.17) is 5.11 Å². The molecule has 0 amide bonds. The van der Waals surface area contributed by atoms with Crippen LogP contribution in [0.15, 0.2) is 6.07 Å². The second kappa shape index (κ2) is 6.17. The van der Waals surface area contributed by atoms with Gasteiger partial charge in [0.1, 0.15) is 11.6 Å². The van der Waals surface area contributed by atoms with E-state index in [-0.39, 0.29) is 6.54 Å². The van der Waals surface area contributed by atoms with Crippen molar-refractivity contribution in [2.45, 2.75) is 26.7 Å². The number of anilines is 1. The van der Waals surface area contributed by atoms with Crippen LogP contribution in [0.3, 0.4) is 0 Å². The fourth-order valence-corrected chi connectivity index (χ4v) is 2.32. The molecule has 1 saturated heterocycles. The summed E-state index contributed by atoms with van der Waals surface area (Å²) in [5.41, 5.74) is 0.978. The molecule has 0 bridgehead atoms. The van der Waals surface area contributed by atoms with Gasteiger partial charge in [-0.25, -0.2) is 9.97 Å². The van der Waals surface area contributed by atoms with Gasteiger partial charge in [0.25, 0.3) is 0 Å². The number of nitrogens with zero attached hydrogens (tertiary/aromatic N) is 4. The zero-order valence-electron chi connectivity index (χ0n) is 12.3. The van der Waals surface area contributed by atoms with E-state index in [9.17, 15) is 4.79 Å². The summed E-state index contributed by atoms with van der Waals surface area (Å²) in [4.78, 5) is 23.9. The number of rotatable bonds is 4. The first-order valence-corrected chi connectivity index (χ1v) is 7.00. The van der Waals surface area contributed by atoms with Gasteiger partial charge in [-0.3, -0.25) is 9.69 Å². The van der Waals surface area contributed by atoms with E-state index in [0.717, 1.165) is 43.5 Å². The predicted octanol–water partition coefficient (Wildman–Crippen LogP) is 1.12. The van der Waals surface area contributed by atoms with Gasteiger partial charge in [-0.05, 0) is 6.92 Å². The van der Waals surface area contributed by atoms with Crippen LogP contribution in [0.5, 0.6) is 0 Å². The zero-order chi connectivity index (χ0) is 14.7. The van der Waals surface area contributed by atoms with Crippen LogP contribution in [-0.2, 0) is 4.79 Å². The van der Waals surface area contributed by atoms with Crippen molar-refractivity contribution < 1.29 is 9.90 Å². The van der Waals surface area contributed by atoms with E-state index >= 15 is 0 Å². The highest BCUT2D eigenvalue weighted by Crippen LogP contribution is 2.18. The maximum Gasteiger partial charge on any atom is 0.317 e. The summed E-state index contributed by atoms with van der Waals surface area (Å²) in [6.45, 7) is 9.40. The summed E-state index contributed by atoms with van der Waals surface area (Å²) in [6.07, 6.45) is 0. The first kappa shape index (κ1) is 14.7. The number of carboxylic acids is 1. The van der Waals surface area contributed by atoms with Gasteiger partial charge in [0.15, 0.2) is 0 Å². The molecule has 0 radical (unpaired) electrons. The van der Waals surface area contributed by atoms with Crippen LogP contribution >= 0.6 is 0 Å². The summed E-state index contributed by atoms with van der Waals surface area (Å²) in [5.74, 6) is 1.37. The van der Waals surface area contributed by atoms with E-state index in [0.29, 0.717) is 5.92 Å². The highest BCUT2D eigenvalue weighted by molar-refractivity contribution is 5.69. The van der Waals surface area contributed by atoms with Crippen LogP contribution in [0, 0.1) is 6.92 Å². The van der Waals surface area contributed by atoms with Crippen molar-refractivity contribution in [3.63, 3.8) is 0 Å². The lowest BCUT2D eigenvalue weighted by Crippen LogP contribution is -2.48. The van der Waals surface area contributed by atoms with Crippen LogP contribution in [0.25, 0.3) is 0 Å². The van der Waals surface area contributed by atoms with E-state index in [2.05, 4.69) is 28.7 Å². The third-order valence-electron chi connectivity index (χ3n) is 3.43. The number of aromatic nitrogens is 2. The molecule has 1 N–H and O–H groups in total. The number of carbonyl (C=O) groups is 1. The van der Waals surface area contributed by atoms with Crippen LogP contribution in [-0.4, -0.2) is 58.7 Å². The fourth-order valence-electron chi connectivity index (χ4n) is 2.32. The largest absolute Gasteiger partial charge is 0.480 e. The molecule has 0 atom stereocenters. The Bertz CT molecular complexity index is 482. The van der Waals surface area contributed by atoms with E-state index in [1.807, 2.05) is 17.9 Å². The lowest BCUT2D eigenvalue weighted by Gasteiger charge is -2.34. The van der Waals surface area contributed by atoms with E-state index < -0.39 is 5.97 Å². The summed E-state index contributed by atoms with van der Waals surface area (Å²) in [5, 5.41) is 8.81. The normalized spacial score (nSPS) is 16.7. The van der Waals surface area contributed by atoms with Crippen LogP contribution in [0.4, 0.5) is 5.82 Å². The molecule has 20 heavy (non-hydrogen) atoms. The Balaban J connectivity index is 2.05. The lowest BCUT2D eigenvalue weighted by atomic mass is 10.2. The second-order valence-corrected chi connectivity index (χ2v) is 5.54. The first-order chi connectivity index (χ1) is 9.45. The molecule has 0 aromatic carbocycles. The second-order valence-electron chi connectivity index (χ2n) is 5.54. The van der Waals surface area contributed by atoms with Gasteiger partial charge in [-0.15, -0.1) is 0 Å². The smallest absolute Gasteiger partial charge is 0.317 e. The summed E-state index contributed by atoms with van der Waals surface area (Å²) in [7, 11) is 0. The highest BCUT2D eigenvalue weighted by Gasteiger charge is 2.20. The molecule has 1 fully saturated rings. The Kier molecular flexibility index (Phi) is 4.54. The van der Waals surface area contributed by atoms with Gasteiger partial charge in [0.05, 0.1) is 6.54 Å². The van der Waals surface area contributed by atoms with Crippen LogP contribution in [0.1, 0.15) is 31.3 Å². The zero-order valence-corrected chi connectivity index (χ0v) is 12.3. The molecule has 2 rings (SSSR count). The fraction of sp³-hybridized carbons (Fsp3) is 0.643. The average molecular weight is 278 g/mol. The number of aliphatic carboxylic acids is 1. The Morgan fingerprint density at radius 1 is 1.30 bits per heavy atom. The first-order valence-electron chi connectivity index (χ1n) is 7.00. The Morgan fingerprint density at radius 3 is 2.50 bits per heavy atom. The highest BCUT2D eigenvalue weighted by atomic mass is 16.4. The van der Waals surface area contributed by atoms with E-state index in [1.54, 1.807) is 0 Å². The molecule has 110 valence electrons. The minimum Gasteiger partial charge on any atom is -0.480 e. The quantitative estimate of drug-likeness (QED) is 0.890. The monoisotopic (exact) mass is 278 g/mol. The number of aryl methyl sites for hydroxylation is 1. The number of carboxylic acid groups (broad SMARTS) is 1. The third-order valence-corrected chi connectivity index (χ3v) is 3.43. The Labute approximate surface area is 119 Å². The minimum absolute atomic E-state index is 0.119. The van der Waals surface area contributed by atoms with Crippen molar-refractivity contribution in [3.05, 3.63) is 17.6 Å². The lowest BCUT2D eigenvalue weighted by molar-refractivity contribution is -0.138. The van der Waals surface area contributed by atoms with Crippen molar-refractivity contribution in [2.75, 3.05) is 37.6 Å². The van der Waals surface area contributed by atoms with Gasteiger partial charge in [0, 0.05) is 43.9 Å². The van der Waals surface area contributed by atoms with Crippen molar-refractivity contribution in [2.24, 2.45) is 0 Å². The number of hydrogen-bond donors (Lipinski definition) is 1. The molecule has 6 heteroatoms. The summed E-state index contributed by atoms with van der Waals surface area (Å²) < 4.78 is 0. The molecule has 1 aliphatic rings. The molecule has 1 aliphatic heterocycles. The molecular weight excluding hydrogens is 256 g/mol. The summed E-state index contributed by atoms with van der Waals surface area (Å²) in [6, 6.07) is 2.00. The molecule has 2 heterocycles. The van der Waals surface area contributed by atoms with Crippen molar-refractivity contribution >= 4 is 11.8 Å². The SMILES string of the molecule is Cc1cc(N2CCN(CC(=O)O)CC2)nc(C(C)C)n1. The molecule has 0 spiro atoms. The predicted molar refractivity (Wildman–Crippen MR) is 77.1 cm³/mol. The van der Waals surface area contributed by atoms with E-state index in [1.165, 1.54) is 0 Å². The molecule has 6 nitrogen and oxygen atoms in total. The molecule has 0 aliphatic carbocycles. The summed E-state index contributed by atoms with van der Waals surface area (Å²) >= 11 is 0. The Morgan fingerprint density at radius 2 is 1.95 bits per heavy atom. The maximum absolute atomic E-state index is 10.7.